The number of thiophene rings is 1. The largest absolute Gasteiger partial charge is 0.397 e. The van der Waals surface area contributed by atoms with Gasteiger partial charge in [-0.25, -0.2) is 4.39 Å². The van der Waals surface area contributed by atoms with Gasteiger partial charge in [-0.15, -0.1) is 11.3 Å². The molecule has 0 aliphatic rings. The molecular formula is C10H11FN2S. The lowest BCUT2D eigenvalue weighted by atomic mass is 10.1. The highest BCUT2D eigenvalue weighted by Gasteiger charge is 2.10. The maximum atomic E-state index is 13.1. The van der Waals surface area contributed by atoms with Crippen LogP contribution in [0.25, 0.3) is 5.70 Å². The van der Waals surface area contributed by atoms with Crippen molar-refractivity contribution in [2.45, 2.75) is 19.8 Å². The van der Waals surface area contributed by atoms with Crippen LogP contribution in [0.4, 0.5) is 4.39 Å². The molecule has 0 amide bonds. The Kier molecular flexibility index (Phi) is 3.66. The first-order valence-electron chi connectivity index (χ1n) is 4.32. The molecule has 0 aliphatic carbocycles. The van der Waals surface area contributed by atoms with Crippen LogP contribution >= 0.6 is 11.3 Å². The highest BCUT2D eigenvalue weighted by Crippen LogP contribution is 2.24. The van der Waals surface area contributed by atoms with Gasteiger partial charge in [0.05, 0.1) is 22.2 Å². The predicted molar refractivity (Wildman–Crippen MR) is 55.9 cm³/mol. The van der Waals surface area contributed by atoms with Crippen LogP contribution in [0.2, 0.25) is 0 Å². The Morgan fingerprint density at radius 1 is 1.71 bits per heavy atom. The van der Waals surface area contributed by atoms with Crippen molar-refractivity contribution in [3.05, 3.63) is 27.7 Å². The first-order chi connectivity index (χ1) is 6.70. The van der Waals surface area contributed by atoms with Gasteiger partial charge in [-0.05, 0) is 17.9 Å². The Morgan fingerprint density at radius 3 is 2.86 bits per heavy atom. The maximum absolute atomic E-state index is 13.1. The molecule has 0 spiro atoms. The highest BCUT2D eigenvalue weighted by molar-refractivity contribution is 7.11. The lowest BCUT2D eigenvalue weighted by Gasteiger charge is -2.01. The van der Waals surface area contributed by atoms with Crippen molar-refractivity contribution in [1.29, 1.82) is 5.26 Å². The molecule has 0 radical (unpaired) electrons. The molecule has 74 valence electrons. The zero-order valence-electron chi connectivity index (χ0n) is 7.88. The number of allylic oxidation sites excluding steroid dienone is 1. The van der Waals surface area contributed by atoms with Crippen LogP contribution < -0.4 is 5.73 Å². The van der Waals surface area contributed by atoms with E-state index in [2.05, 4.69) is 0 Å². The van der Waals surface area contributed by atoms with Crippen molar-refractivity contribution in [3.8, 4) is 6.07 Å². The van der Waals surface area contributed by atoms with Gasteiger partial charge in [0.2, 0.25) is 0 Å². The van der Waals surface area contributed by atoms with E-state index >= 15 is 0 Å². The molecule has 2 N–H and O–H groups in total. The molecule has 14 heavy (non-hydrogen) atoms. The number of hydrogen-bond donors (Lipinski definition) is 1. The smallest absolute Gasteiger partial charge is 0.143 e. The third kappa shape index (κ3) is 2.12. The average Bonchev–Trinajstić information content (AvgIpc) is 2.59. The van der Waals surface area contributed by atoms with Gasteiger partial charge in [0.15, 0.2) is 0 Å². The molecule has 0 fully saturated rings. The molecule has 4 heteroatoms. The van der Waals surface area contributed by atoms with E-state index in [9.17, 15) is 4.39 Å². The van der Waals surface area contributed by atoms with Crippen LogP contribution in [-0.2, 0) is 0 Å². The number of nitriles is 1. The van der Waals surface area contributed by atoms with E-state index in [1.54, 1.807) is 5.38 Å². The van der Waals surface area contributed by atoms with Crippen LogP contribution in [0.15, 0.2) is 17.0 Å². The minimum atomic E-state index is -0.351. The standard InChI is InChI=1S/C10H11FN2S/c1-2-3-7(6-12)9(13)10-8(11)4-5-14-10/h4-5H,2-3,13H2,1H3/b9-7-. The van der Waals surface area contributed by atoms with Gasteiger partial charge in [0.1, 0.15) is 5.82 Å². The molecule has 0 unspecified atom stereocenters. The highest BCUT2D eigenvalue weighted by atomic mass is 32.1. The summed E-state index contributed by atoms with van der Waals surface area (Å²) in [7, 11) is 0. The van der Waals surface area contributed by atoms with Crippen LogP contribution in [0.3, 0.4) is 0 Å². The van der Waals surface area contributed by atoms with Crippen LogP contribution in [0.5, 0.6) is 0 Å². The monoisotopic (exact) mass is 210 g/mol. The van der Waals surface area contributed by atoms with Crippen molar-refractivity contribution in [2.75, 3.05) is 0 Å². The van der Waals surface area contributed by atoms with Gasteiger partial charge in [0.25, 0.3) is 0 Å². The number of nitrogens with zero attached hydrogens (tertiary/aromatic N) is 1. The van der Waals surface area contributed by atoms with Crippen LogP contribution in [-0.4, -0.2) is 0 Å². The Hall–Kier alpha value is -1.34. The van der Waals surface area contributed by atoms with E-state index in [1.807, 2.05) is 13.0 Å². The Bertz CT molecular complexity index is 387. The molecule has 1 aromatic heterocycles. The number of nitrogens with two attached hydrogens (primary N) is 1. The summed E-state index contributed by atoms with van der Waals surface area (Å²) in [4.78, 5) is 0.370. The maximum Gasteiger partial charge on any atom is 0.143 e. The van der Waals surface area contributed by atoms with Crippen molar-refractivity contribution in [2.24, 2.45) is 5.73 Å². The molecule has 0 saturated carbocycles. The van der Waals surface area contributed by atoms with E-state index in [0.717, 1.165) is 6.42 Å². The summed E-state index contributed by atoms with van der Waals surface area (Å²) >= 11 is 1.22. The lowest BCUT2D eigenvalue weighted by molar-refractivity contribution is 0.629. The van der Waals surface area contributed by atoms with Gasteiger partial charge in [0, 0.05) is 0 Å². The molecular weight excluding hydrogens is 199 g/mol. The Balaban J connectivity index is 3.09. The molecule has 0 bridgehead atoms. The minimum absolute atomic E-state index is 0.279. The van der Waals surface area contributed by atoms with Crippen molar-refractivity contribution in [3.63, 3.8) is 0 Å². The van der Waals surface area contributed by atoms with Crippen molar-refractivity contribution >= 4 is 17.0 Å². The summed E-state index contributed by atoms with van der Waals surface area (Å²) in [6, 6.07) is 3.37. The molecule has 0 atom stereocenters. The van der Waals surface area contributed by atoms with Crippen molar-refractivity contribution in [1.82, 2.24) is 0 Å². The molecule has 2 nitrogen and oxygen atoms in total. The van der Waals surface area contributed by atoms with Gasteiger partial charge < -0.3 is 5.73 Å². The van der Waals surface area contributed by atoms with Crippen LogP contribution in [0.1, 0.15) is 24.6 Å². The van der Waals surface area contributed by atoms with E-state index in [-0.39, 0.29) is 11.5 Å². The zero-order chi connectivity index (χ0) is 10.6. The van der Waals surface area contributed by atoms with E-state index < -0.39 is 0 Å². The molecule has 0 aromatic carbocycles. The fourth-order valence-corrected chi connectivity index (χ4v) is 1.88. The zero-order valence-corrected chi connectivity index (χ0v) is 8.70. The second-order valence-corrected chi connectivity index (χ2v) is 3.77. The van der Waals surface area contributed by atoms with Gasteiger partial charge >= 0.3 is 0 Å². The Labute approximate surface area is 86.5 Å². The summed E-state index contributed by atoms with van der Waals surface area (Å²) in [6.07, 6.45) is 1.43. The van der Waals surface area contributed by atoms with E-state index in [4.69, 9.17) is 11.0 Å². The average molecular weight is 210 g/mol. The predicted octanol–water partition coefficient (Wildman–Crippen LogP) is 2.88. The van der Waals surface area contributed by atoms with Crippen LogP contribution in [0, 0.1) is 17.1 Å². The topological polar surface area (TPSA) is 49.8 Å². The van der Waals surface area contributed by atoms with Gasteiger partial charge in [-0.1, -0.05) is 13.3 Å². The lowest BCUT2D eigenvalue weighted by Crippen LogP contribution is -2.00. The first kappa shape index (κ1) is 10.7. The second kappa shape index (κ2) is 4.77. The fraction of sp³-hybridized carbons (Fsp3) is 0.300. The first-order valence-corrected chi connectivity index (χ1v) is 5.20. The van der Waals surface area contributed by atoms with Gasteiger partial charge in [-0.2, -0.15) is 5.26 Å². The summed E-state index contributed by atoms with van der Waals surface area (Å²) in [5, 5.41) is 10.4. The minimum Gasteiger partial charge on any atom is -0.397 e. The number of rotatable bonds is 3. The van der Waals surface area contributed by atoms with E-state index in [0.29, 0.717) is 16.9 Å². The summed E-state index contributed by atoms with van der Waals surface area (Å²) in [6.45, 7) is 1.95. The summed E-state index contributed by atoms with van der Waals surface area (Å²) < 4.78 is 13.1. The van der Waals surface area contributed by atoms with Crippen molar-refractivity contribution < 1.29 is 4.39 Å². The SMILES string of the molecule is CCC/C(C#N)=C(/N)c1sccc1F. The third-order valence-corrected chi connectivity index (χ3v) is 2.74. The molecule has 1 rings (SSSR count). The fourth-order valence-electron chi connectivity index (χ4n) is 1.12. The molecule has 1 aromatic rings. The quantitative estimate of drug-likeness (QED) is 0.780. The van der Waals surface area contributed by atoms with Gasteiger partial charge in [-0.3, -0.25) is 0 Å². The molecule has 1 heterocycles. The summed E-state index contributed by atoms with van der Waals surface area (Å²) in [5.41, 5.74) is 6.45. The normalized spacial score (nSPS) is 12.1. The number of hydrogen-bond acceptors (Lipinski definition) is 3. The Morgan fingerprint density at radius 2 is 2.43 bits per heavy atom. The molecule has 0 aliphatic heterocycles. The molecule has 0 saturated heterocycles. The number of halogens is 1. The second-order valence-electron chi connectivity index (χ2n) is 2.85. The van der Waals surface area contributed by atoms with E-state index in [1.165, 1.54) is 17.4 Å². The summed E-state index contributed by atoms with van der Waals surface area (Å²) in [5.74, 6) is -0.351. The third-order valence-electron chi connectivity index (χ3n) is 1.82.